The van der Waals surface area contributed by atoms with Crippen LogP contribution in [0, 0.1) is 0 Å². The molecule has 0 amide bonds. The minimum absolute atomic E-state index is 0.764. The van der Waals surface area contributed by atoms with Crippen molar-refractivity contribution in [2.75, 3.05) is 0 Å². The first-order valence-electron chi connectivity index (χ1n) is 9.80. The molecule has 1 aromatic heterocycles. The Labute approximate surface area is 166 Å². The van der Waals surface area contributed by atoms with Gasteiger partial charge in [0.15, 0.2) is 0 Å². The summed E-state index contributed by atoms with van der Waals surface area (Å²) in [4.78, 5) is 4.50. The Kier molecular flexibility index (Phi) is 6.55. The summed E-state index contributed by atoms with van der Waals surface area (Å²) in [7, 11) is 12.8. The molecular weight excluding hydrogens is 324 g/mol. The molecule has 3 aromatic rings. The number of hydrogen-bond acceptors (Lipinski definition) is 1. The van der Waals surface area contributed by atoms with Gasteiger partial charge >= 0.3 is 0 Å². The van der Waals surface area contributed by atoms with Gasteiger partial charge in [-0.25, -0.2) is 0 Å². The first-order valence-corrected chi connectivity index (χ1v) is 9.80. The summed E-state index contributed by atoms with van der Waals surface area (Å²) in [6.07, 6.45) is 7.36. The van der Waals surface area contributed by atoms with Gasteiger partial charge in [-0.15, -0.1) is 0 Å². The number of hydrogen-bond donors (Lipinski definition) is 0. The molecule has 3 heteroatoms. The number of aromatic nitrogens is 1. The molecule has 3 rings (SSSR count). The fraction of sp³-hybridized carbons (Fsp3) is 0.292. The summed E-state index contributed by atoms with van der Waals surface area (Å²) in [5.74, 6) is 0. The molecule has 0 N–H and O–H groups in total. The van der Waals surface area contributed by atoms with Gasteiger partial charge in [-0.3, -0.25) is 4.98 Å². The van der Waals surface area contributed by atoms with E-state index in [4.69, 9.17) is 15.7 Å². The highest BCUT2D eigenvalue weighted by Gasteiger charge is 2.19. The highest BCUT2D eigenvalue weighted by molar-refractivity contribution is 6.40. The SMILES string of the molecule is [B]C([B])(CCCCCC)c1ccc(-c2ccnc(-c3ccccc3)c2)cc1. The molecule has 0 bridgehead atoms. The number of rotatable bonds is 8. The van der Waals surface area contributed by atoms with E-state index in [0.717, 1.165) is 40.8 Å². The van der Waals surface area contributed by atoms with Crippen LogP contribution in [0.25, 0.3) is 22.4 Å². The van der Waals surface area contributed by atoms with Crippen molar-refractivity contribution in [3.8, 4) is 22.4 Å². The molecule has 2 aromatic carbocycles. The lowest BCUT2D eigenvalue weighted by Gasteiger charge is -2.26. The monoisotopic (exact) mass is 349 g/mol. The normalized spacial score (nSPS) is 11.4. The highest BCUT2D eigenvalue weighted by atomic mass is 14.7. The zero-order valence-corrected chi connectivity index (χ0v) is 16.1. The molecule has 1 nitrogen and oxygen atoms in total. The zero-order chi connectivity index (χ0) is 19.1. The third-order valence-corrected chi connectivity index (χ3v) is 5.03. The van der Waals surface area contributed by atoms with E-state index in [2.05, 4.69) is 54.4 Å². The van der Waals surface area contributed by atoms with Gasteiger partial charge in [0.25, 0.3) is 0 Å². The lowest BCUT2D eigenvalue weighted by Crippen LogP contribution is -2.26. The Hall–Kier alpha value is -2.28. The fourth-order valence-corrected chi connectivity index (χ4v) is 3.34. The topological polar surface area (TPSA) is 12.9 Å². The first-order chi connectivity index (χ1) is 13.1. The van der Waals surface area contributed by atoms with Crippen molar-refractivity contribution in [3.63, 3.8) is 0 Å². The van der Waals surface area contributed by atoms with Gasteiger partial charge in [-0.1, -0.05) is 104 Å². The summed E-state index contributed by atoms with van der Waals surface area (Å²) in [5.41, 5.74) is 5.35. The number of pyridine rings is 1. The van der Waals surface area contributed by atoms with Crippen LogP contribution in [-0.2, 0) is 5.21 Å². The van der Waals surface area contributed by atoms with E-state index in [1.165, 1.54) is 19.3 Å². The quantitative estimate of drug-likeness (QED) is 0.366. The van der Waals surface area contributed by atoms with Crippen LogP contribution in [0.5, 0.6) is 0 Å². The van der Waals surface area contributed by atoms with E-state index >= 15 is 0 Å². The van der Waals surface area contributed by atoms with E-state index in [1.54, 1.807) is 0 Å². The van der Waals surface area contributed by atoms with Crippen molar-refractivity contribution in [2.45, 2.75) is 44.2 Å². The maximum absolute atomic E-state index is 6.38. The van der Waals surface area contributed by atoms with Crippen LogP contribution < -0.4 is 0 Å². The first kappa shape index (κ1) is 19.5. The van der Waals surface area contributed by atoms with Gasteiger partial charge in [0.1, 0.15) is 0 Å². The summed E-state index contributed by atoms with van der Waals surface area (Å²) >= 11 is 0. The number of nitrogens with zero attached hydrogens (tertiary/aromatic N) is 1. The third-order valence-electron chi connectivity index (χ3n) is 5.03. The van der Waals surface area contributed by atoms with E-state index in [0.29, 0.717) is 0 Å². The molecule has 0 spiro atoms. The van der Waals surface area contributed by atoms with Crippen molar-refractivity contribution < 1.29 is 0 Å². The lowest BCUT2D eigenvalue weighted by molar-refractivity contribution is 0.600. The predicted molar refractivity (Wildman–Crippen MR) is 117 cm³/mol. The van der Waals surface area contributed by atoms with E-state index in [9.17, 15) is 0 Å². The molecule has 0 fully saturated rings. The molecule has 0 atom stereocenters. The van der Waals surface area contributed by atoms with Crippen molar-refractivity contribution >= 4 is 15.7 Å². The summed E-state index contributed by atoms with van der Waals surface area (Å²) < 4.78 is 0. The molecule has 132 valence electrons. The van der Waals surface area contributed by atoms with Crippen LogP contribution in [-0.4, -0.2) is 20.7 Å². The summed E-state index contributed by atoms with van der Waals surface area (Å²) in [5, 5.41) is -0.764. The van der Waals surface area contributed by atoms with E-state index in [-0.39, 0.29) is 0 Å². The zero-order valence-electron chi connectivity index (χ0n) is 16.1. The molecule has 27 heavy (non-hydrogen) atoms. The Morgan fingerprint density at radius 3 is 2.22 bits per heavy atom. The molecule has 0 unspecified atom stereocenters. The average molecular weight is 349 g/mol. The van der Waals surface area contributed by atoms with Crippen molar-refractivity contribution in [1.82, 2.24) is 4.98 Å². The van der Waals surface area contributed by atoms with Gasteiger partial charge in [0, 0.05) is 11.8 Å². The van der Waals surface area contributed by atoms with Gasteiger partial charge in [0.05, 0.1) is 21.4 Å². The number of unbranched alkanes of at least 4 members (excludes halogenated alkanes) is 3. The Morgan fingerprint density at radius 2 is 1.52 bits per heavy atom. The molecule has 0 aliphatic carbocycles. The average Bonchev–Trinajstić information content (AvgIpc) is 2.72. The van der Waals surface area contributed by atoms with Crippen LogP contribution in [0.1, 0.15) is 44.6 Å². The van der Waals surface area contributed by atoms with Crippen LogP contribution in [0.15, 0.2) is 72.9 Å². The number of benzene rings is 2. The molecule has 0 saturated heterocycles. The second-order valence-electron chi connectivity index (χ2n) is 7.22. The summed E-state index contributed by atoms with van der Waals surface area (Å²) in [6.45, 7) is 2.21. The van der Waals surface area contributed by atoms with Gasteiger partial charge in [-0.05, 0) is 23.3 Å². The van der Waals surface area contributed by atoms with Crippen molar-refractivity contribution in [1.29, 1.82) is 0 Å². The van der Waals surface area contributed by atoms with Crippen LogP contribution in [0.3, 0.4) is 0 Å². The molecule has 0 saturated carbocycles. The predicted octanol–water partition coefficient (Wildman–Crippen LogP) is 5.88. The lowest BCUT2D eigenvalue weighted by atomic mass is 9.49. The molecule has 4 radical (unpaired) electrons. The second-order valence-corrected chi connectivity index (χ2v) is 7.22. The smallest absolute Gasteiger partial charge is 0.0708 e. The van der Waals surface area contributed by atoms with Gasteiger partial charge in [0.2, 0.25) is 0 Å². The van der Waals surface area contributed by atoms with Crippen LogP contribution in [0.4, 0.5) is 0 Å². The van der Waals surface area contributed by atoms with Crippen LogP contribution in [0.2, 0.25) is 0 Å². The fourth-order valence-electron chi connectivity index (χ4n) is 3.34. The van der Waals surface area contributed by atoms with E-state index < -0.39 is 5.21 Å². The Bertz CT molecular complexity index is 842. The van der Waals surface area contributed by atoms with Gasteiger partial charge < -0.3 is 0 Å². The largest absolute Gasteiger partial charge is 0.256 e. The van der Waals surface area contributed by atoms with Gasteiger partial charge in [-0.2, -0.15) is 0 Å². The minimum atomic E-state index is -0.764. The summed E-state index contributed by atoms with van der Waals surface area (Å²) in [6, 6.07) is 22.7. The Morgan fingerprint density at radius 1 is 0.778 bits per heavy atom. The Balaban J connectivity index is 1.76. The highest BCUT2D eigenvalue weighted by Crippen LogP contribution is 2.28. The maximum atomic E-state index is 6.38. The standard InChI is InChI=1S/C24H25B2N/c1-2-3-4-8-16-24(25,26)22-13-11-19(12-14-22)21-15-17-27-23(18-21)20-9-6-5-7-10-20/h5-7,9-15,17-18H,2-4,8,16H2,1H3. The van der Waals surface area contributed by atoms with Crippen molar-refractivity contribution in [3.05, 3.63) is 78.5 Å². The van der Waals surface area contributed by atoms with Crippen molar-refractivity contribution in [2.24, 2.45) is 0 Å². The minimum Gasteiger partial charge on any atom is -0.256 e. The molecule has 0 aliphatic rings. The molecular formula is C24H25B2N. The van der Waals surface area contributed by atoms with Crippen LogP contribution >= 0.6 is 0 Å². The molecule has 0 aliphatic heterocycles. The third kappa shape index (κ3) is 5.13. The molecule has 1 heterocycles. The maximum Gasteiger partial charge on any atom is 0.0708 e. The van der Waals surface area contributed by atoms with E-state index in [1.807, 2.05) is 30.5 Å². The second kappa shape index (κ2) is 9.08.